The van der Waals surface area contributed by atoms with Crippen LogP contribution in [0.1, 0.15) is 34.7 Å². The molecule has 1 unspecified atom stereocenters. The van der Waals surface area contributed by atoms with Gasteiger partial charge in [0.25, 0.3) is 5.91 Å². The first-order valence-corrected chi connectivity index (χ1v) is 6.14. The van der Waals surface area contributed by atoms with Crippen LogP contribution in [0.3, 0.4) is 0 Å². The average molecular weight is 236 g/mol. The number of hydrogen-bond acceptors (Lipinski definition) is 3. The molecule has 1 atom stereocenters. The van der Waals surface area contributed by atoms with E-state index in [4.69, 9.17) is 4.42 Å². The maximum Gasteiger partial charge on any atom is 0.257 e. The molecule has 0 radical (unpaired) electrons. The summed E-state index contributed by atoms with van der Waals surface area (Å²) < 4.78 is 5.39. The van der Waals surface area contributed by atoms with Crippen LogP contribution in [0, 0.1) is 13.8 Å². The minimum Gasteiger partial charge on any atom is -0.466 e. The molecule has 1 aromatic heterocycles. The number of nitrogens with zero attached hydrogens (tertiary/aromatic N) is 1. The molecule has 0 saturated carbocycles. The van der Waals surface area contributed by atoms with E-state index in [9.17, 15) is 4.79 Å². The number of furan rings is 1. The third kappa shape index (κ3) is 2.69. The zero-order valence-electron chi connectivity index (χ0n) is 10.7. The normalized spacial score (nSPS) is 19.6. The molecular formula is C13H20N2O2. The number of nitrogens with one attached hydrogen (secondary N) is 1. The van der Waals surface area contributed by atoms with Gasteiger partial charge in [0.2, 0.25) is 0 Å². The van der Waals surface area contributed by atoms with Crippen LogP contribution in [-0.4, -0.2) is 37.0 Å². The smallest absolute Gasteiger partial charge is 0.257 e. The molecule has 17 heavy (non-hydrogen) atoms. The van der Waals surface area contributed by atoms with Gasteiger partial charge in [-0.3, -0.25) is 4.79 Å². The first kappa shape index (κ1) is 12.2. The highest BCUT2D eigenvalue weighted by molar-refractivity contribution is 5.95. The van der Waals surface area contributed by atoms with E-state index in [0.29, 0.717) is 17.4 Å². The average Bonchev–Trinajstić information content (AvgIpc) is 2.87. The summed E-state index contributed by atoms with van der Waals surface area (Å²) in [4.78, 5) is 14.0. The van der Waals surface area contributed by atoms with E-state index >= 15 is 0 Å². The lowest BCUT2D eigenvalue weighted by molar-refractivity contribution is 0.0782. The molecule has 4 nitrogen and oxygen atoms in total. The first-order chi connectivity index (χ1) is 8.08. The molecule has 94 valence electrons. The van der Waals surface area contributed by atoms with E-state index in [1.165, 1.54) is 6.42 Å². The fourth-order valence-electron chi connectivity index (χ4n) is 2.37. The van der Waals surface area contributed by atoms with Crippen LogP contribution < -0.4 is 5.32 Å². The van der Waals surface area contributed by atoms with Crippen LogP contribution in [0.15, 0.2) is 10.5 Å². The minimum atomic E-state index is 0.0491. The second kappa shape index (κ2) is 4.92. The lowest BCUT2D eigenvalue weighted by Gasteiger charge is -2.21. The summed E-state index contributed by atoms with van der Waals surface area (Å²) in [5, 5.41) is 3.40. The summed E-state index contributed by atoms with van der Waals surface area (Å²) in [6, 6.07) is 2.26. The van der Waals surface area contributed by atoms with Gasteiger partial charge in [-0.2, -0.15) is 0 Å². The van der Waals surface area contributed by atoms with Crippen molar-refractivity contribution in [2.75, 3.05) is 20.1 Å². The van der Waals surface area contributed by atoms with Crippen LogP contribution in [0.2, 0.25) is 0 Å². The molecule has 0 bridgehead atoms. The Bertz CT molecular complexity index is 406. The Labute approximate surface area is 102 Å². The Balaban J connectivity index is 2.01. The van der Waals surface area contributed by atoms with Gasteiger partial charge in [-0.1, -0.05) is 0 Å². The van der Waals surface area contributed by atoms with E-state index in [2.05, 4.69) is 5.32 Å². The molecule has 1 amide bonds. The van der Waals surface area contributed by atoms with Gasteiger partial charge in [0.05, 0.1) is 5.56 Å². The molecule has 1 fully saturated rings. The second-order valence-corrected chi connectivity index (χ2v) is 4.81. The Hall–Kier alpha value is -1.29. The van der Waals surface area contributed by atoms with Crippen LogP contribution >= 0.6 is 0 Å². The third-order valence-electron chi connectivity index (χ3n) is 3.27. The van der Waals surface area contributed by atoms with Crippen molar-refractivity contribution >= 4 is 5.91 Å². The fourth-order valence-corrected chi connectivity index (χ4v) is 2.37. The van der Waals surface area contributed by atoms with Crippen molar-refractivity contribution in [3.05, 3.63) is 23.2 Å². The molecule has 1 N–H and O–H groups in total. The molecule has 0 aliphatic carbocycles. The Morgan fingerprint density at radius 2 is 2.35 bits per heavy atom. The van der Waals surface area contributed by atoms with Crippen molar-refractivity contribution in [1.82, 2.24) is 10.2 Å². The SMILES string of the molecule is Cc1cc(C(=O)N(C)CC2CCCN2)c(C)o1. The van der Waals surface area contributed by atoms with Crippen LogP contribution in [0.25, 0.3) is 0 Å². The van der Waals surface area contributed by atoms with E-state index in [0.717, 1.165) is 25.3 Å². The molecule has 0 spiro atoms. The van der Waals surface area contributed by atoms with Crippen molar-refractivity contribution in [1.29, 1.82) is 0 Å². The lowest BCUT2D eigenvalue weighted by Crippen LogP contribution is -2.38. The van der Waals surface area contributed by atoms with Gasteiger partial charge in [-0.05, 0) is 39.3 Å². The standard InChI is InChI=1S/C13H20N2O2/c1-9-7-12(10(2)17-9)13(16)15(3)8-11-5-4-6-14-11/h7,11,14H,4-6,8H2,1-3H3. The molecule has 2 heterocycles. The van der Waals surface area contributed by atoms with Crippen molar-refractivity contribution in [2.24, 2.45) is 0 Å². The maximum absolute atomic E-state index is 12.2. The van der Waals surface area contributed by atoms with E-state index in [-0.39, 0.29) is 5.91 Å². The minimum absolute atomic E-state index is 0.0491. The van der Waals surface area contributed by atoms with Gasteiger partial charge < -0.3 is 14.6 Å². The highest BCUT2D eigenvalue weighted by Gasteiger charge is 2.22. The van der Waals surface area contributed by atoms with E-state index in [1.54, 1.807) is 4.90 Å². The molecule has 1 aliphatic heterocycles. The molecule has 1 aliphatic rings. The number of likely N-dealkylation sites (N-methyl/N-ethyl adjacent to an activating group) is 1. The van der Waals surface area contributed by atoms with Crippen molar-refractivity contribution < 1.29 is 9.21 Å². The number of hydrogen-bond donors (Lipinski definition) is 1. The quantitative estimate of drug-likeness (QED) is 0.869. The van der Waals surface area contributed by atoms with Gasteiger partial charge in [0.1, 0.15) is 11.5 Å². The Morgan fingerprint density at radius 3 is 2.88 bits per heavy atom. The lowest BCUT2D eigenvalue weighted by atomic mass is 10.2. The van der Waals surface area contributed by atoms with Gasteiger partial charge in [0.15, 0.2) is 0 Å². The highest BCUT2D eigenvalue weighted by Crippen LogP contribution is 2.16. The summed E-state index contributed by atoms with van der Waals surface area (Å²) in [6.07, 6.45) is 2.36. The van der Waals surface area contributed by atoms with E-state index < -0.39 is 0 Å². The largest absolute Gasteiger partial charge is 0.466 e. The zero-order chi connectivity index (χ0) is 12.4. The summed E-state index contributed by atoms with van der Waals surface area (Å²) >= 11 is 0. The third-order valence-corrected chi connectivity index (χ3v) is 3.27. The summed E-state index contributed by atoms with van der Waals surface area (Å²) in [5.41, 5.74) is 0.683. The zero-order valence-corrected chi connectivity index (χ0v) is 10.7. The van der Waals surface area contributed by atoms with Gasteiger partial charge >= 0.3 is 0 Å². The van der Waals surface area contributed by atoms with Crippen molar-refractivity contribution in [3.8, 4) is 0 Å². The van der Waals surface area contributed by atoms with Gasteiger partial charge in [-0.25, -0.2) is 0 Å². The Morgan fingerprint density at radius 1 is 1.59 bits per heavy atom. The molecular weight excluding hydrogens is 216 g/mol. The molecule has 0 aromatic carbocycles. The second-order valence-electron chi connectivity index (χ2n) is 4.81. The Kier molecular flexibility index (Phi) is 3.52. The van der Waals surface area contributed by atoms with Crippen LogP contribution in [0.5, 0.6) is 0 Å². The van der Waals surface area contributed by atoms with E-state index in [1.807, 2.05) is 27.0 Å². The number of carbonyl (C=O) groups excluding carboxylic acids is 1. The maximum atomic E-state index is 12.2. The predicted octanol–water partition coefficient (Wildman–Crippen LogP) is 1.72. The molecule has 2 rings (SSSR count). The summed E-state index contributed by atoms with van der Waals surface area (Å²) in [6.45, 7) is 5.53. The fraction of sp³-hybridized carbons (Fsp3) is 0.615. The van der Waals surface area contributed by atoms with Gasteiger partial charge in [-0.15, -0.1) is 0 Å². The van der Waals surface area contributed by atoms with Crippen LogP contribution in [0.4, 0.5) is 0 Å². The number of amides is 1. The van der Waals surface area contributed by atoms with Crippen molar-refractivity contribution in [3.63, 3.8) is 0 Å². The molecule has 4 heteroatoms. The first-order valence-electron chi connectivity index (χ1n) is 6.14. The number of rotatable bonds is 3. The number of carbonyl (C=O) groups is 1. The predicted molar refractivity (Wildman–Crippen MR) is 66.2 cm³/mol. The van der Waals surface area contributed by atoms with Crippen molar-refractivity contribution in [2.45, 2.75) is 32.7 Å². The summed E-state index contributed by atoms with van der Waals surface area (Å²) in [5.74, 6) is 1.55. The highest BCUT2D eigenvalue weighted by atomic mass is 16.3. The number of aryl methyl sites for hydroxylation is 2. The topological polar surface area (TPSA) is 45.5 Å². The molecule has 1 aromatic rings. The van der Waals surface area contributed by atoms with Gasteiger partial charge in [0, 0.05) is 19.6 Å². The monoisotopic (exact) mass is 236 g/mol. The summed E-state index contributed by atoms with van der Waals surface area (Å²) in [7, 11) is 1.85. The van der Waals surface area contributed by atoms with Crippen LogP contribution in [-0.2, 0) is 0 Å². The molecule has 1 saturated heterocycles.